The van der Waals surface area contributed by atoms with Crippen LogP contribution < -0.4 is 5.32 Å². The first-order valence-corrected chi connectivity index (χ1v) is 12.8. The highest BCUT2D eigenvalue weighted by Crippen LogP contribution is 2.23. The first-order valence-electron chi connectivity index (χ1n) is 11.4. The van der Waals surface area contributed by atoms with E-state index < -0.39 is 22.0 Å². The van der Waals surface area contributed by atoms with Crippen molar-refractivity contribution in [2.75, 3.05) is 26.2 Å². The smallest absolute Gasteiger partial charge is 0.287 e. The van der Waals surface area contributed by atoms with E-state index in [9.17, 15) is 18.0 Å². The van der Waals surface area contributed by atoms with Crippen molar-refractivity contribution in [1.29, 1.82) is 0 Å². The number of piperazine rings is 1. The Hall–Kier alpha value is -2.65. The van der Waals surface area contributed by atoms with E-state index in [2.05, 4.69) is 19.2 Å². The van der Waals surface area contributed by atoms with E-state index in [0.717, 1.165) is 12.0 Å². The third-order valence-electron chi connectivity index (χ3n) is 6.21. The van der Waals surface area contributed by atoms with Crippen LogP contribution in [-0.4, -0.2) is 61.7 Å². The number of benzene rings is 1. The highest BCUT2D eigenvalue weighted by Gasteiger charge is 2.34. The number of hydrogen-bond acceptors (Lipinski definition) is 5. The number of carbonyl (C=O) groups is 2. The number of rotatable bonds is 8. The van der Waals surface area contributed by atoms with Crippen molar-refractivity contribution in [2.24, 2.45) is 5.92 Å². The van der Waals surface area contributed by atoms with Crippen molar-refractivity contribution in [3.8, 4) is 0 Å². The van der Waals surface area contributed by atoms with E-state index in [1.165, 1.54) is 16.6 Å². The molecule has 3 rings (SSSR count). The summed E-state index contributed by atoms with van der Waals surface area (Å²) in [6.45, 7) is 8.87. The van der Waals surface area contributed by atoms with Crippen LogP contribution in [0.4, 0.5) is 0 Å². The van der Waals surface area contributed by atoms with Gasteiger partial charge in [0.2, 0.25) is 15.9 Å². The zero-order valence-electron chi connectivity index (χ0n) is 19.7. The minimum atomic E-state index is -3.63. The highest BCUT2D eigenvalue weighted by molar-refractivity contribution is 7.89. The first kappa shape index (κ1) is 25.0. The molecule has 1 fully saturated rings. The molecule has 1 aliphatic heterocycles. The molecule has 0 spiro atoms. The van der Waals surface area contributed by atoms with Crippen molar-refractivity contribution < 1.29 is 22.4 Å². The van der Waals surface area contributed by atoms with E-state index in [1.807, 2.05) is 26.0 Å². The van der Waals surface area contributed by atoms with Gasteiger partial charge >= 0.3 is 0 Å². The maximum absolute atomic E-state index is 13.1. The maximum Gasteiger partial charge on any atom is 0.287 e. The molecular formula is C24H33N3O5S. The van der Waals surface area contributed by atoms with Crippen molar-refractivity contribution >= 4 is 21.8 Å². The van der Waals surface area contributed by atoms with Gasteiger partial charge < -0.3 is 14.6 Å². The van der Waals surface area contributed by atoms with E-state index in [-0.39, 0.29) is 48.7 Å². The van der Waals surface area contributed by atoms with Crippen LogP contribution in [0.5, 0.6) is 0 Å². The standard InChI is InChI=1S/C24H33N3O5S/c1-5-18(4)19-8-10-20(11-9-19)33(30,31)27-14-12-26(13-15-27)24(29)22(17(2)3)25-23(28)21-7-6-16-32-21/h6-11,16-18,22H,5,12-15H2,1-4H3,(H,25,28). The number of hydrogen-bond donors (Lipinski definition) is 1. The van der Waals surface area contributed by atoms with E-state index in [0.29, 0.717) is 5.92 Å². The molecule has 8 nitrogen and oxygen atoms in total. The van der Waals surface area contributed by atoms with Crippen molar-refractivity contribution in [3.63, 3.8) is 0 Å². The second-order valence-corrected chi connectivity index (χ2v) is 10.7. The lowest BCUT2D eigenvalue weighted by molar-refractivity contribution is -0.135. The molecule has 0 saturated carbocycles. The summed E-state index contributed by atoms with van der Waals surface area (Å²) in [5, 5.41) is 2.75. The molecule has 2 unspecified atom stereocenters. The minimum absolute atomic E-state index is 0.137. The van der Waals surface area contributed by atoms with Gasteiger partial charge in [-0.3, -0.25) is 9.59 Å². The first-order chi connectivity index (χ1) is 15.6. The molecule has 1 N–H and O–H groups in total. The van der Waals surface area contributed by atoms with Gasteiger partial charge in [-0.1, -0.05) is 39.8 Å². The molecule has 1 aromatic heterocycles. The second kappa shape index (κ2) is 10.5. The summed E-state index contributed by atoms with van der Waals surface area (Å²) in [5.41, 5.74) is 1.11. The predicted molar refractivity (Wildman–Crippen MR) is 125 cm³/mol. The second-order valence-electron chi connectivity index (χ2n) is 8.78. The van der Waals surface area contributed by atoms with Crippen LogP contribution in [0, 0.1) is 5.92 Å². The number of carbonyl (C=O) groups excluding carboxylic acids is 2. The summed E-state index contributed by atoms with van der Waals surface area (Å²) in [6.07, 6.45) is 2.39. The van der Waals surface area contributed by atoms with Crippen LogP contribution in [0.25, 0.3) is 0 Å². The zero-order valence-corrected chi connectivity index (χ0v) is 20.5. The SMILES string of the molecule is CCC(C)c1ccc(S(=O)(=O)N2CCN(C(=O)C(NC(=O)c3ccco3)C(C)C)CC2)cc1. The van der Waals surface area contributed by atoms with Crippen molar-refractivity contribution in [2.45, 2.75) is 51.0 Å². The maximum atomic E-state index is 13.1. The lowest BCUT2D eigenvalue weighted by Crippen LogP contribution is -2.57. The summed E-state index contributed by atoms with van der Waals surface area (Å²) in [4.78, 5) is 27.4. The van der Waals surface area contributed by atoms with Gasteiger partial charge in [0, 0.05) is 26.2 Å². The summed E-state index contributed by atoms with van der Waals surface area (Å²) in [6, 6.07) is 9.49. The van der Waals surface area contributed by atoms with Crippen LogP contribution in [0.15, 0.2) is 52.0 Å². The van der Waals surface area contributed by atoms with Gasteiger partial charge in [-0.15, -0.1) is 0 Å². The Balaban J connectivity index is 1.63. The van der Waals surface area contributed by atoms with Crippen LogP contribution in [0.3, 0.4) is 0 Å². The monoisotopic (exact) mass is 475 g/mol. The number of furan rings is 1. The largest absolute Gasteiger partial charge is 0.459 e. The van der Waals surface area contributed by atoms with Gasteiger partial charge in [-0.2, -0.15) is 4.31 Å². The molecule has 2 atom stereocenters. The molecule has 1 aromatic carbocycles. The Bertz CT molecular complexity index is 1040. The number of nitrogens with zero attached hydrogens (tertiary/aromatic N) is 2. The summed E-state index contributed by atoms with van der Waals surface area (Å²) in [7, 11) is -3.63. The van der Waals surface area contributed by atoms with Crippen LogP contribution in [0.1, 0.15) is 56.2 Å². The van der Waals surface area contributed by atoms with E-state index in [1.54, 1.807) is 23.1 Å². The fraction of sp³-hybridized carbons (Fsp3) is 0.500. The molecule has 0 aliphatic carbocycles. The highest BCUT2D eigenvalue weighted by atomic mass is 32.2. The Morgan fingerprint density at radius 1 is 1.03 bits per heavy atom. The lowest BCUT2D eigenvalue weighted by Gasteiger charge is -2.36. The molecule has 180 valence electrons. The molecule has 1 aliphatic rings. The van der Waals surface area contributed by atoms with Crippen molar-refractivity contribution in [1.82, 2.24) is 14.5 Å². The molecular weight excluding hydrogens is 442 g/mol. The molecule has 1 saturated heterocycles. The van der Waals surface area contributed by atoms with Crippen molar-refractivity contribution in [3.05, 3.63) is 54.0 Å². The molecule has 2 heterocycles. The predicted octanol–water partition coefficient (Wildman–Crippen LogP) is 3.08. The fourth-order valence-corrected chi connectivity index (χ4v) is 5.25. The Morgan fingerprint density at radius 3 is 2.18 bits per heavy atom. The third kappa shape index (κ3) is 5.65. The van der Waals surface area contributed by atoms with Crippen LogP contribution in [-0.2, 0) is 14.8 Å². The van der Waals surface area contributed by atoms with Gasteiger partial charge in [0.25, 0.3) is 5.91 Å². The van der Waals surface area contributed by atoms with Gasteiger partial charge in [0.15, 0.2) is 5.76 Å². The minimum Gasteiger partial charge on any atom is -0.459 e. The Kier molecular flexibility index (Phi) is 7.97. The lowest BCUT2D eigenvalue weighted by atomic mass is 9.99. The summed E-state index contributed by atoms with van der Waals surface area (Å²) < 4.78 is 32.7. The molecule has 33 heavy (non-hydrogen) atoms. The normalized spacial score (nSPS) is 17.1. The van der Waals surface area contributed by atoms with E-state index in [4.69, 9.17) is 4.42 Å². The van der Waals surface area contributed by atoms with Gasteiger partial charge in [0.1, 0.15) is 6.04 Å². The summed E-state index contributed by atoms with van der Waals surface area (Å²) in [5.74, 6) is -0.293. The average molecular weight is 476 g/mol. The zero-order chi connectivity index (χ0) is 24.2. The topological polar surface area (TPSA) is 99.9 Å². The van der Waals surface area contributed by atoms with Crippen LogP contribution in [0.2, 0.25) is 0 Å². The van der Waals surface area contributed by atoms with Gasteiger partial charge in [-0.05, 0) is 48.1 Å². The molecule has 0 bridgehead atoms. The fourth-order valence-electron chi connectivity index (χ4n) is 3.83. The Labute approximate surface area is 196 Å². The Morgan fingerprint density at radius 2 is 1.67 bits per heavy atom. The molecule has 0 radical (unpaired) electrons. The third-order valence-corrected chi connectivity index (χ3v) is 8.13. The number of sulfonamides is 1. The summed E-state index contributed by atoms with van der Waals surface area (Å²) >= 11 is 0. The van der Waals surface area contributed by atoms with Crippen LogP contribution >= 0.6 is 0 Å². The average Bonchev–Trinajstić information content (AvgIpc) is 3.36. The molecule has 9 heteroatoms. The van der Waals surface area contributed by atoms with Gasteiger partial charge in [0.05, 0.1) is 11.2 Å². The van der Waals surface area contributed by atoms with Gasteiger partial charge in [-0.25, -0.2) is 8.42 Å². The van der Waals surface area contributed by atoms with E-state index >= 15 is 0 Å². The quantitative estimate of drug-likeness (QED) is 0.632. The number of nitrogens with one attached hydrogen (secondary N) is 1. The molecule has 2 amide bonds. The number of amides is 2. The molecule has 2 aromatic rings.